The number of nitrogens with one attached hydrogen (secondary N) is 1. The number of H-pyrrole nitrogens is 1. The Balaban J connectivity index is 1.76. The van der Waals surface area contributed by atoms with Crippen LogP contribution in [-0.4, -0.2) is 61.3 Å². The molecule has 1 fully saturated rings. The Hall–Kier alpha value is -2.27. The molecule has 1 saturated heterocycles. The molecule has 28 heavy (non-hydrogen) atoms. The maximum Gasteiger partial charge on any atom is 0.352 e. The molecule has 1 amide bonds. The number of aliphatic carboxylic acids is 1. The van der Waals surface area contributed by atoms with Crippen molar-refractivity contribution in [2.24, 2.45) is 0 Å². The lowest BCUT2D eigenvalue weighted by atomic mass is 10.1. The van der Waals surface area contributed by atoms with E-state index >= 15 is 0 Å². The van der Waals surface area contributed by atoms with Crippen molar-refractivity contribution in [2.45, 2.75) is 37.2 Å². The molecule has 0 saturated carbocycles. The first-order valence-electron chi connectivity index (χ1n) is 8.59. The molecule has 1 aromatic heterocycles. The first-order chi connectivity index (χ1) is 13.3. The minimum absolute atomic E-state index is 0.0329. The topological polar surface area (TPSA) is 130 Å². The van der Waals surface area contributed by atoms with E-state index in [1.54, 1.807) is 13.8 Å². The quantitative estimate of drug-likeness (QED) is 0.283. The van der Waals surface area contributed by atoms with Gasteiger partial charge >= 0.3 is 11.9 Å². The summed E-state index contributed by atoms with van der Waals surface area (Å²) in [6, 6.07) is 0. The van der Waals surface area contributed by atoms with E-state index in [-0.39, 0.29) is 41.3 Å². The Morgan fingerprint density at radius 1 is 1.43 bits per heavy atom. The molecular weight excluding hydrogens is 406 g/mol. The van der Waals surface area contributed by atoms with Crippen molar-refractivity contribution in [1.82, 2.24) is 14.9 Å². The highest BCUT2D eigenvalue weighted by molar-refractivity contribution is 8.00. The van der Waals surface area contributed by atoms with Crippen molar-refractivity contribution < 1.29 is 24.2 Å². The van der Waals surface area contributed by atoms with Crippen LogP contribution in [0.2, 0.25) is 0 Å². The number of hydrogen-bond donors (Lipinski definition) is 2. The van der Waals surface area contributed by atoms with Gasteiger partial charge in [0.05, 0.1) is 24.8 Å². The fourth-order valence-electron chi connectivity index (χ4n) is 2.96. The largest absolute Gasteiger partial charge is 0.477 e. The van der Waals surface area contributed by atoms with E-state index in [1.165, 1.54) is 28.4 Å². The number of carbonyl (C=O) groups excluding carboxylic acids is 2. The number of carboxylic acids is 1. The van der Waals surface area contributed by atoms with Crippen LogP contribution in [-0.2, 0) is 25.5 Å². The number of nitrogens with zero attached hydrogens (tertiary/aromatic N) is 2. The molecule has 2 aliphatic heterocycles. The summed E-state index contributed by atoms with van der Waals surface area (Å²) in [6.45, 7) is 3.55. The summed E-state index contributed by atoms with van der Waals surface area (Å²) in [5.74, 6) is -1.03. The van der Waals surface area contributed by atoms with E-state index in [9.17, 15) is 24.3 Å². The summed E-state index contributed by atoms with van der Waals surface area (Å²) in [5.41, 5.74) is 0.887. The lowest BCUT2D eigenvalue weighted by Gasteiger charge is -2.43. The second kappa shape index (κ2) is 8.39. The van der Waals surface area contributed by atoms with Crippen molar-refractivity contribution in [3.05, 3.63) is 32.9 Å². The van der Waals surface area contributed by atoms with Crippen molar-refractivity contribution in [3.8, 4) is 0 Å². The Kier molecular flexibility index (Phi) is 6.14. The van der Waals surface area contributed by atoms with Gasteiger partial charge in [-0.3, -0.25) is 19.3 Å². The highest BCUT2D eigenvalue weighted by Gasteiger charge is 2.45. The van der Waals surface area contributed by atoms with Gasteiger partial charge in [0.25, 0.3) is 5.56 Å². The summed E-state index contributed by atoms with van der Waals surface area (Å²) >= 11 is 2.72. The number of aromatic nitrogens is 2. The molecule has 9 nitrogen and oxygen atoms in total. The van der Waals surface area contributed by atoms with Crippen LogP contribution in [0, 0.1) is 6.92 Å². The monoisotopic (exact) mass is 425 g/mol. The highest BCUT2D eigenvalue weighted by atomic mass is 32.2. The fourth-order valence-corrected chi connectivity index (χ4v) is 5.27. The normalized spacial score (nSPS) is 18.6. The molecule has 150 valence electrons. The molecule has 0 bridgehead atoms. The highest BCUT2D eigenvalue weighted by Crippen LogP contribution is 2.40. The van der Waals surface area contributed by atoms with Crippen LogP contribution in [0.5, 0.6) is 0 Å². The number of esters is 1. The van der Waals surface area contributed by atoms with Crippen LogP contribution in [0.15, 0.2) is 21.2 Å². The third-order valence-corrected chi connectivity index (χ3v) is 6.58. The number of carbonyl (C=O) groups is 3. The summed E-state index contributed by atoms with van der Waals surface area (Å²) < 4.78 is 4.86. The van der Waals surface area contributed by atoms with Gasteiger partial charge in [0.15, 0.2) is 5.16 Å². The third kappa shape index (κ3) is 4.09. The Morgan fingerprint density at radius 2 is 2.18 bits per heavy atom. The number of fused-ring (bicyclic) bond motifs is 1. The standard InChI is InChI=1S/C17H19N3O6S2/c1-3-26-13(22)4-10-8(2)18-17(19-15(10)23)28-7-9-6-27-12-5-11(21)20(12)14(9)16(24)25/h12H,3-7H2,1-2H3,(H,24,25)(H,18,19,23)/t12-/m0/s1. The first-order valence-corrected chi connectivity index (χ1v) is 10.6. The number of carboxylic acid groups (broad SMARTS) is 1. The summed E-state index contributed by atoms with van der Waals surface area (Å²) in [4.78, 5) is 55.6. The predicted molar refractivity (Wildman–Crippen MR) is 103 cm³/mol. The molecule has 0 unspecified atom stereocenters. The third-order valence-electron chi connectivity index (χ3n) is 4.34. The molecule has 2 N–H and O–H groups in total. The van der Waals surface area contributed by atoms with Gasteiger partial charge in [-0.05, 0) is 19.4 Å². The molecule has 1 atom stereocenters. The van der Waals surface area contributed by atoms with E-state index in [1.807, 2.05) is 0 Å². The molecule has 2 aliphatic rings. The first kappa shape index (κ1) is 20.5. The minimum Gasteiger partial charge on any atom is -0.477 e. The number of rotatable bonds is 7. The number of β-lactam (4-membered cyclic amide) rings is 1. The molecule has 11 heteroatoms. The van der Waals surface area contributed by atoms with Gasteiger partial charge < -0.3 is 14.8 Å². The van der Waals surface area contributed by atoms with Gasteiger partial charge in [-0.15, -0.1) is 11.8 Å². The summed E-state index contributed by atoms with van der Waals surface area (Å²) in [7, 11) is 0. The van der Waals surface area contributed by atoms with Gasteiger partial charge in [0, 0.05) is 22.8 Å². The average Bonchev–Trinajstić information content (AvgIpc) is 2.62. The molecule has 0 radical (unpaired) electrons. The number of aryl methyl sites for hydroxylation is 1. The van der Waals surface area contributed by atoms with E-state index in [0.717, 1.165) is 0 Å². The second-order valence-corrected chi connectivity index (χ2v) is 8.33. The number of aromatic amines is 1. The lowest BCUT2D eigenvalue weighted by Crippen LogP contribution is -2.54. The summed E-state index contributed by atoms with van der Waals surface area (Å²) in [5, 5.41) is 9.74. The maximum absolute atomic E-state index is 12.3. The fraction of sp³-hybridized carbons (Fsp3) is 0.471. The summed E-state index contributed by atoms with van der Waals surface area (Å²) in [6.07, 6.45) is 0.203. The van der Waals surface area contributed by atoms with Crippen LogP contribution < -0.4 is 5.56 Å². The lowest BCUT2D eigenvalue weighted by molar-refractivity contribution is -0.146. The van der Waals surface area contributed by atoms with E-state index in [2.05, 4.69) is 9.97 Å². The number of ether oxygens (including phenoxy) is 1. The molecule has 0 aliphatic carbocycles. The Bertz CT molecular complexity index is 926. The SMILES string of the molecule is CCOC(=O)Cc1c(C)nc(SCC2=C(C(=O)O)N3C(=O)C[C@@H]3SC2)[nH]c1=O. The second-order valence-electron chi connectivity index (χ2n) is 6.20. The minimum atomic E-state index is -1.13. The van der Waals surface area contributed by atoms with Gasteiger partial charge in [-0.1, -0.05) is 11.8 Å². The molecule has 0 aromatic carbocycles. The number of amides is 1. The number of thioether (sulfide) groups is 2. The molecule has 3 rings (SSSR count). The number of hydrogen-bond acceptors (Lipinski definition) is 8. The molecule has 0 spiro atoms. The van der Waals surface area contributed by atoms with Crippen LogP contribution in [0.1, 0.15) is 24.6 Å². The van der Waals surface area contributed by atoms with E-state index < -0.39 is 17.5 Å². The van der Waals surface area contributed by atoms with Crippen LogP contribution in [0.3, 0.4) is 0 Å². The van der Waals surface area contributed by atoms with Crippen LogP contribution in [0.25, 0.3) is 0 Å². The van der Waals surface area contributed by atoms with Crippen molar-refractivity contribution >= 4 is 41.4 Å². The van der Waals surface area contributed by atoms with E-state index in [4.69, 9.17) is 4.74 Å². The zero-order chi connectivity index (χ0) is 20.4. The van der Waals surface area contributed by atoms with E-state index in [0.29, 0.717) is 28.6 Å². The van der Waals surface area contributed by atoms with Gasteiger partial charge in [0.1, 0.15) is 5.70 Å². The zero-order valence-electron chi connectivity index (χ0n) is 15.3. The van der Waals surface area contributed by atoms with Crippen molar-refractivity contribution in [3.63, 3.8) is 0 Å². The predicted octanol–water partition coefficient (Wildman–Crippen LogP) is 0.920. The van der Waals surface area contributed by atoms with Gasteiger partial charge in [0.2, 0.25) is 5.91 Å². The smallest absolute Gasteiger partial charge is 0.352 e. The average molecular weight is 425 g/mol. The maximum atomic E-state index is 12.3. The van der Waals surface area contributed by atoms with Gasteiger partial charge in [-0.25, -0.2) is 9.78 Å². The van der Waals surface area contributed by atoms with Crippen molar-refractivity contribution in [2.75, 3.05) is 18.1 Å². The van der Waals surface area contributed by atoms with Crippen molar-refractivity contribution in [1.29, 1.82) is 0 Å². The van der Waals surface area contributed by atoms with Crippen LogP contribution >= 0.6 is 23.5 Å². The Morgan fingerprint density at radius 3 is 2.79 bits per heavy atom. The molecular formula is C17H19N3O6S2. The molecule has 3 heterocycles. The zero-order valence-corrected chi connectivity index (χ0v) is 16.9. The Labute approximate surface area is 168 Å². The van der Waals surface area contributed by atoms with Crippen LogP contribution in [0.4, 0.5) is 0 Å². The van der Waals surface area contributed by atoms with Gasteiger partial charge in [-0.2, -0.15) is 0 Å². The molecule has 1 aromatic rings.